The van der Waals surface area contributed by atoms with Crippen molar-refractivity contribution in [2.24, 2.45) is 0 Å². The zero-order valence-electron chi connectivity index (χ0n) is 12.4. The highest BCUT2D eigenvalue weighted by atomic mass is 19.1. The third kappa shape index (κ3) is 1.86. The highest BCUT2D eigenvalue weighted by Crippen LogP contribution is 2.45. The highest BCUT2D eigenvalue weighted by molar-refractivity contribution is 6.04. The van der Waals surface area contributed by atoms with Crippen molar-refractivity contribution in [1.82, 2.24) is 0 Å². The van der Waals surface area contributed by atoms with Gasteiger partial charge in [0.25, 0.3) is 0 Å². The average Bonchev–Trinajstić information content (AvgIpc) is 2.98. The number of ether oxygens (including phenoxy) is 2. The van der Waals surface area contributed by atoms with E-state index in [0.717, 1.165) is 33.4 Å². The summed E-state index contributed by atoms with van der Waals surface area (Å²) in [5.41, 5.74) is 4.43. The van der Waals surface area contributed by atoms with Crippen molar-refractivity contribution in [3.8, 4) is 22.6 Å². The van der Waals surface area contributed by atoms with Crippen LogP contribution in [0.3, 0.4) is 0 Å². The van der Waals surface area contributed by atoms with E-state index >= 15 is 0 Å². The first-order valence-electron chi connectivity index (χ1n) is 7.23. The summed E-state index contributed by atoms with van der Waals surface area (Å²) in [6, 6.07) is 12.7. The van der Waals surface area contributed by atoms with E-state index in [9.17, 15) is 4.39 Å². The van der Waals surface area contributed by atoms with Gasteiger partial charge in [-0.3, -0.25) is 0 Å². The van der Waals surface area contributed by atoms with Gasteiger partial charge in [-0.15, -0.1) is 0 Å². The summed E-state index contributed by atoms with van der Waals surface area (Å²) in [6.45, 7) is 4.42. The normalized spacial score (nSPS) is 12.9. The number of fused-ring (bicyclic) bond motifs is 3. The van der Waals surface area contributed by atoms with Crippen molar-refractivity contribution in [1.29, 1.82) is 0 Å². The molecule has 0 unspecified atom stereocenters. The predicted octanol–water partition coefficient (Wildman–Crippen LogP) is 4.99. The molecule has 0 saturated carbocycles. The Kier molecular flexibility index (Phi) is 2.83. The molecule has 0 saturated heterocycles. The Morgan fingerprint density at radius 1 is 0.955 bits per heavy atom. The van der Waals surface area contributed by atoms with Gasteiger partial charge in [-0.2, -0.15) is 0 Å². The predicted molar refractivity (Wildman–Crippen MR) is 84.9 cm³/mol. The van der Waals surface area contributed by atoms with Crippen LogP contribution in [0, 0.1) is 19.7 Å². The second-order valence-corrected chi connectivity index (χ2v) is 5.60. The number of rotatable bonds is 1. The average molecular weight is 294 g/mol. The first-order chi connectivity index (χ1) is 10.6. The zero-order valence-corrected chi connectivity index (χ0v) is 12.4. The Morgan fingerprint density at radius 3 is 2.50 bits per heavy atom. The van der Waals surface area contributed by atoms with E-state index in [4.69, 9.17) is 9.47 Å². The van der Waals surface area contributed by atoms with Crippen molar-refractivity contribution < 1.29 is 13.9 Å². The third-order valence-corrected chi connectivity index (χ3v) is 4.29. The number of benzene rings is 3. The molecular formula is C19H15FO2. The number of hydrogen-bond acceptors (Lipinski definition) is 2. The van der Waals surface area contributed by atoms with E-state index in [1.54, 1.807) is 0 Å². The summed E-state index contributed by atoms with van der Waals surface area (Å²) in [5, 5.41) is 2.14. The van der Waals surface area contributed by atoms with Gasteiger partial charge in [-0.1, -0.05) is 24.3 Å². The molecule has 0 fully saturated rings. The Hall–Kier alpha value is -2.55. The minimum atomic E-state index is -0.233. The molecular weight excluding hydrogens is 279 g/mol. The van der Waals surface area contributed by atoms with Crippen LogP contribution in [0.5, 0.6) is 11.5 Å². The fourth-order valence-electron chi connectivity index (χ4n) is 3.07. The van der Waals surface area contributed by atoms with Crippen molar-refractivity contribution in [2.75, 3.05) is 6.79 Å². The van der Waals surface area contributed by atoms with Crippen LogP contribution in [0.2, 0.25) is 0 Å². The molecule has 2 nitrogen and oxygen atoms in total. The zero-order chi connectivity index (χ0) is 15.3. The monoisotopic (exact) mass is 294 g/mol. The molecule has 0 radical (unpaired) electrons. The van der Waals surface area contributed by atoms with E-state index in [1.807, 2.05) is 24.3 Å². The maximum atomic E-state index is 13.3. The first-order valence-corrected chi connectivity index (χ1v) is 7.23. The summed E-state index contributed by atoms with van der Waals surface area (Å²) < 4.78 is 24.5. The van der Waals surface area contributed by atoms with Crippen LogP contribution in [0.15, 0.2) is 42.5 Å². The molecule has 22 heavy (non-hydrogen) atoms. The lowest BCUT2D eigenvalue weighted by molar-refractivity contribution is 0.175. The second kappa shape index (κ2) is 4.73. The van der Waals surface area contributed by atoms with Crippen LogP contribution >= 0.6 is 0 Å². The molecule has 0 bridgehead atoms. The van der Waals surface area contributed by atoms with E-state index in [2.05, 4.69) is 19.9 Å². The molecule has 1 aliphatic heterocycles. The molecule has 3 aromatic rings. The standard InChI is InChI=1S/C19H15FO2/c1-11-9-14-5-8-16-19(22-10-21-16)18(14)17(12(11)2)13-3-6-15(20)7-4-13/h3-9H,10H2,1-2H3. The lowest BCUT2D eigenvalue weighted by atomic mass is 9.90. The largest absolute Gasteiger partial charge is 0.454 e. The van der Waals surface area contributed by atoms with Crippen LogP contribution in [0.1, 0.15) is 11.1 Å². The fraction of sp³-hybridized carbons (Fsp3) is 0.158. The molecule has 1 aliphatic rings. The summed E-state index contributed by atoms with van der Waals surface area (Å²) in [6.07, 6.45) is 0. The van der Waals surface area contributed by atoms with Gasteiger partial charge in [0.1, 0.15) is 5.82 Å². The summed E-state index contributed by atoms with van der Waals surface area (Å²) in [5.74, 6) is 1.31. The summed E-state index contributed by atoms with van der Waals surface area (Å²) in [4.78, 5) is 0. The molecule has 0 N–H and O–H groups in total. The second-order valence-electron chi connectivity index (χ2n) is 5.60. The maximum absolute atomic E-state index is 13.3. The minimum Gasteiger partial charge on any atom is -0.454 e. The van der Waals surface area contributed by atoms with Crippen molar-refractivity contribution in [3.05, 3.63) is 59.4 Å². The molecule has 3 heteroatoms. The molecule has 0 atom stereocenters. The Labute approximate surface area is 128 Å². The lowest BCUT2D eigenvalue weighted by Crippen LogP contribution is -1.95. The van der Waals surface area contributed by atoms with Crippen LogP contribution in [-0.2, 0) is 0 Å². The van der Waals surface area contributed by atoms with E-state index in [-0.39, 0.29) is 12.6 Å². The van der Waals surface area contributed by atoms with E-state index < -0.39 is 0 Å². The molecule has 0 aromatic heterocycles. The molecule has 1 heterocycles. The minimum absolute atomic E-state index is 0.233. The van der Waals surface area contributed by atoms with Crippen LogP contribution in [0.25, 0.3) is 21.9 Å². The van der Waals surface area contributed by atoms with Gasteiger partial charge in [0.2, 0.25) is 6.79 Å². The highest BCUT2D eigenvalue weighted by Gasteiger charge is 2.21. The Balaban J connectivity index is 2.13. The summed E-state index contributed by atoms with van der Waals surface area (Å²) >= 11 is 0. The van der Waals surface area contributed by atoms with E-state index in [0.29, 0.717) is 0 Å². The van der Waals surface area contributed by atoms with Gasteiger partial charge >= 0.3 is 0 Å². The maximum Gasteiger partial charge on any atom is 0.231 e. The van der Waals surface area contributed by atoms with Gasteiger partial charge in [-0.05, 0) is 59.7 Å². The SMILES string of the molecule is Cc1cc2ccc3c(c2c(-c2ccc(F)cc2)c1C)OCO3. The molecule has 0 spiro atoms. The molecule has 110 valence electrons. The van der Waals surface area contributed by atoms with Crippen molar-refractivity contribution >= 4 is 10.8 Å². The van der Waals surface area contributed by atoms with Crippen LogP contribution < -0.4 is 9.47 Å². The van der Waals surface area contributed by atoms with Gasteiger partial charge < -0.3 is 9.47 Å². The number of halogens is 1. The van der Waals surface area contributed by atoms with Gasteiger partial charge in [0.15, 0.2) is 11.5 Å². The smallest absolute Gasteiger partial charge is 0.231 e. The quantitative estimate of drug-likeness (QED) is 0.629. The molecule has 3 aromatic carbocycles. The number of aryl methyl sites for hydroxylation is 1. The summed E-state index contributed by atoms with van der Waals surface area (Å²) in [7, 11) is 0. The van der Waals surface area contributed by atoms with Gasteiger partial charge in [0.05, 0.1) is 0 Å². The van der Waals surface area contributed by atoms with Crippen molar-refractivity contribution in [2.45, 2.75) is 13.8 Å². The van der Waals surface area contributed by atoms with Crippen LogP contribution in [0.4, 0.5) is 4.39 Å². The topological polar surface area (TPSA) is 18.5 Å². The van der Waals surface area contributed by atoms with Crippen LogP contribution in [-0.4, -0.2) is 6.79 Å². The third-order valence-electron chi connectivity index (χ3n) is 4.29. The van der Waals surface area contributed by atoms with E-state index in [1.165, 1.54) is 23.3 Å². The molecule has 0 aliphatic carbocycles. The van der Waals surface area contributed by atoms with Gasteiger partial charge in [0, 0.05) is 5.39 Å². The molecule has 0 amide bonds. The molecule has 4 rings (SSSR count). The lowest BCUT2D eigenvalue weighted by Gasteiger charge is -2.15. The Morgan fingerprint density at radius 2 is 1.73 bits per heavy atom. The Bertz CT molecular complexity index is 882. The van der Waals surface area contributed by atoms with Gasteiger partial charge in [-0.25, -0.2) is 4.39 Å². The first kappa shape index (κ1) is 13.1. The number of hydrogen-bond donors (Lipinski definition) is 0. The van der Waals surface area contributed by atoms with Crippen molar-refractivity contribution in [3.63, 3.8) is 0 Å². The fourth-order valence-corrected chi connectivity index (χ4v) is 3.07.